The quantitative estimate of drug-likeness (QED) is 0.708. The first-order valence-electron chi connectivity index (χ1n) is 7.03. The number of hydrogen-bond donors (Lipinski definition) is 2. The minimum absolute atomic E-state index is 0.0823. The first-order chi connectivity index (χ1) is 9.05. The second-order valence-corrected chi connectivity index (χ2v) is 7.51. The van der Waals surface area contributed by atoms with E-state index in [0.717, 1.165) is 32.1 Å². The van der Waals surface area contributed by atoms with E-state index in [-0.39, 0.29) is 17.2 Å². The third-order valence-corrected chi connectivity index (χ3v) is 6.20. The Hall–Kier alpha value is -0.660. The molecule has 1 atom stereocenters. The smallest absolute Gasteiger partial charge is 0.221 e. The van der Waals surface area contributed by atoms with Gasteiger partial charge in [0.1, 0.15) is 0 Å². The lowest BCUT2D eigenvalue weighted by atomic mass is 10.1. The Labute approximate surface area is 114 Å². The Bertz CT molecular complexity index is 420. The van der Waals surface area contributed by atoms with Crippen LogP contribution in [0.3, 0.4) is 0 Å². The van der Waals surface area contributed by atoms with E-state index in [1.165, 1.54) is 0 Å². The molecule has 19 heavy (non-hydrogen) atoms. The summed E-state index contributed by atoms with van der Waals surface area (Å²) < 4.78 is 26.3. The van der Waals surface area contributed by atoms with Crippen LogP contribution in [0.5, 0.6) is 0 Å². The summed E-state index contributed by atoms with van der Waals surface area (Å²) in [4.78, 5) is 11.4. The molecule has 0 spiro atoms. The van der Waals surface area contributed by atoms with Crippen molar-refractivity contribution in [3.63, 3.8) is 0 Å². The molecule has 0 aromatic carbocycles. The van der Waals surface area contributed by atoms with Gasteiger partial charge in [-0.15, -0.1) is 0 Å². The van der Waals surface area contributed by atoms with E-state index in [9.17, 15) is 13.2 Å². The number of carbonyl (C=O) groups is 1. The van der Waals surface area contributed by atoms with Crippen LogP contribution in [0.1, 0.15) is 38.5 Å². The molecular weight excluding hydrogens is 266 g/mol. The summed E-state index contributed by atoms with van der Waals surface area (Å²) in [7, 11) is -3.14. The van der Waals surface area contributed by atoms with Crippen molar-refractivity contribution in [1.82, 2.24) is 9.62 Å². The van der Waals surface area contributed by atoms with E-state index in [1.807, 2.05) is 0 Å². The number of sulfonamides is 1. The van der Waals surface area contributed by atoms with E-state index >= 15 is 0 Å². The van der Waals surface area contributed by atoms with Crippen LogP contribution < -0.4 is 11.1 Å². The van der Waals surface area contributed by atoms with Gasteiger partial charge in [0.2, 0.25) is 15.9 Å². The van der Waals surface area contributed by atoms with Crippen LogP contribution in [0.25, 0.3) is 0 Å². The average Bonchev–Trinajstić information content (AvgIpc) is 3.21. The number of nitrogens with zero attached hydrogens (tertiary/aromatic N) is 1. The molecule has 0 aromatic rings. The van der Waals surface area contributed by atoms with Crippen LogP contribution in [-0.4, -0.2) is 49.6 Å². The Kier molecular flexibility index (Phi) is 4.81. The molecular formula is C12H23N3O3S. The summed E-state index contributed by atoms with van der Waals surface area (Å²) in [6.45, 7) is 1.32. The molecule has 2 rings (SSSR count). The summed E-state index contributed by atoms with van der Waals surface area (Å²) in [6, 6.07) is -0.0823. The summed E-state index contributed by atoms with van der Waals surface area (Å²) in [5, 5.41) is 2.62. The Morgan fingerprint density at radius 2 is 2.00 bits per heavy atom. The van der Waals surface area contributed by atoms with Crippen LogP contribution in [0.2, 0.25) is 0 Å². The molecule has 3 N–H and O–H groups in total. The van der Waals surface area contributed by atoms with Gasteiger partial charge >= 0.3 is 0 Å². The molecule has 1 amide bonds. The molecule has 7 heteroatoms. The highest BCUT2D eigenvalue weighted by atomic mass is 32.2. The van der Waals surface area contributed by atoms with Crippen LogP contribution >= 0.6 is 0 Å². The molecule has 0 radical (unpaired) electrons. The van der Waals surface area contributed by atoms with E-state index in [4.69, 9.17) is 5.73 Å². The minimum atomic E-state index is -3.14. The van der Waals surface area contributed by atoms with Crippen LogP contribution in [0, 0.1) is 0 Å². The van der Waals surface area contributed by atoms with Crippen LogP contribution in [0.4, 0.5) is 0 Å². The number of nitrogens with two attached hydrogens (primary N) is 1. The zero-order valence-corrected chi connectivity index (χ0v) is 12.0. The van der Waals surface area contributed by atoms with Crippen molar-refractivity contribution in [3.05, 3.63) is 0 Å². The first kappa shape index (κ1) is 14.7. The number of amides is 1. The molecule has 1 heterocycles. The van der Waals surface area contributed by atoms with Crippen molar-refractivity contribution in [2.45, 2.75) is 49.8 Å². The zero-order chi connectivity index (χ0) is 13.9. The molecule has 1 saturated heterocycles. The number of nitrogens with one attached hydrogen (secondary N) is 1. The fraction of sp³-hybridized carbons (Fsp3) is 0.917. The third kappa shape index (κ3) is 3.67. The van der Waals surface area contributed by atoms with Crippen molar-refractivity contribution in [3.8, 4) is 0 Å². The lowest BCUT2D eigenvalue weighted by molar-refractivity contribution is -0.121. The Balaban J connectivity index is 1.94. The number of hydrogen-bond acceptors (Lipinski definition) is 4. The van der Waals surface area contributed by atoms with E-state index in [1.54, 1.807) is 4.31 Å². The molecule has 0 aromatic heterocycles. The monoisotopic (exact) mass is 289 g/mol. The van der Waals surface area contributed by atoms with Gasteiger partial charge in [-0.05, 0) is 25.7 Å². The maximum atomic E-state index is 12.3. The zero-order valence-electron chi connectivity index (χ0n) is 11.2. The van der Waals surface area contributed by atoms with Gasteiger partial charge in [0.25, 0.3) is 0 Å². The molecule has 6 nitrogen and oxygen atoms in total. The predicted octanol–water partition coefficient (Wildman–Crippen LogP) is -0.202. The molecule has 2 fully saturated rings. The molecule has 2 aliphatic rings. The third-order valence-electron chi connectivity index (χ3n) is 3.75. The molecule has 1 unspecified atom stereocenters. The molecule has 0 bridgehead atoms. The largest absolute Gasteiger partial charge is 0.354 e. The number of piperidine rings is 1. The highest BCUT2D eigenvalue weighted by Gasteiger charge is 2.43. The van der Waals surface area contributed by atoms with Gasteiger partial charge in [-0.3, -0.25) is 4.79 Å². The van der Waals surface area contributed by atoms with Crippen molar-refractivity contribution in [2.24, 2.45) is 5.73 Å². The molecule has 110 valence electrons. The summed E-state index contributed by atoms with van der Waals surface area (Å²) in [5.74, 6) is -0.100. The second kappa shape index (κ2) is 6.19. The summed E-state index contributed by atoms with van der Waals surface area (Å²) in [5.41, 5.74) is 5.32. The number of carbonyl (C=O) groups excluding carboxylic acids is 1. The molecule has 1 aliphatic heterocycles. The summed E-state index contributed by atoms with van der Waals surface area (Å²) >= 11 is 0. The van der Waals surface area contributed by atoms with Crippen LogP contribution in [-0.2, 0) is 14.8 Å². The Morgan fingerprint density at radius 1 is 1.26 bits per heavy atom. The lowest BCUT2D eigenvalue weighted by Crippen LogP contribution is -2.50. The maximum absolute atomic E-state index is 12.3. The maximum Gasteiger partial charge on any atom is 0.221 e. The van der Waals surface area contributed by atoms with Gasteiger partial charge in [-0.2, -0.15) is 4.31 Å². The molecule has 1 saturated carbocycles. The van der Waals surface area contributed by atoms with Gasteiger partial charge in [-0.1, -0.05) is 6.42 Å². The minimum Gasteiger partial charge on any atom is -0.354 e. The van der Waals surface area contributed by atoms with E-state index < -0.39 is 10.0 Å². The van der Waals surface area contributed by atoms with Gasteiger partial charge < -0.3 is 11.1 Å². The lowest BCUT2D eigenvalue weighted by Gasteiger charge is -2.34. The average molecular weight is 289 g/mol. The second-order valence-electron chi connectivity index (χ2n) is 5.35. The van der Waals surface area contributed by atoms with Crippen LogP contribution in [0.15, 0.2) is 0 Å². The van der Waals surface area contributed by atoms with Crippen molar-refractivity contribution in [2.75, 3.05) is 19.6 Å². The standard InChI is InChI=1S/C12H23N3O3S/c13-7-6-12(16)14-9-10-3-1-2-8-15(10)19(17,18)11-4-5-11/h10-11H,1-9,13H2,(H,14,16). The topological polar surface area (TPSA) is 92.5 Å². The highest BCUT2D eigenvalue weighted by molar-refractivity contribution is 7.90. The van der Waals surface area contributed by atoms with Gasteiger partial charge in [0.15, 0.2) is 0 Å². The van der Waals surface area contributed by atoms with Gasteiger partial charge in [-0.25, -0.2) is 8.42 Å². The fourth-order valence-corrected chi connectivity index (χ4v) is 4.62. The first-order valence-corrected chi connectivity index (χ1v) is 8.53. The normalized spacial score (nSPS) is 25.2. The van der Waals surface area contributed by atoms with E-state index in [0.29, 0.717) is 26.1 Å². The molecule has 1 aliphatic carbocycles. The Morgan fingerprint density at radius 3 is 2.63 bits per heavy atom. The van der Waals surface area contributed by atoms with Gasteiger partial charge in [0, 0.05) is 32.1 Å². The van der Waals surface area contributed by atoms with Crippen molar-refractivity contribution in [1.29, 1.82) is 0 Å². The summed E-state index contributed by atoms with van der Waals surface area (Å²) in [6.07, 6.45) is 4.63. The van der Waals surface area contributed by atoms with Crippen molar-refractivity contribution < 1.29 is 13.2 Å². The SMILES string of the molecule is NCCC(=O)NCC1CCCCN1S(=O)(=O)C1CC1. The highest BCUT2D eigenvalue weighted by Crippen LogP contribution is 2.34. The fourth-order valence-electron chi connectivity index (χ4n) is 2.52. The van der Waals surface area contributed by atoms with Gasteiger partial charge in [0.05, 0.1) is 5.25 Å². The number of rotatable bonds is 6. The van der Waals surface area contributed by atoms with Crippen molar-refractivity contribution >= 4 is 15.9 Å². The van der Waals surface area contributed by atoms with E-state index in [2.05, 4.69) is 5.32 Å². The predicted molar refractivity (Wildman–Crippen MR) is 73.0 cm³/mol.